The minimum absolute atomic E-state index is 0.0205. The number of hydrogen-bond donors (Lipinski definition) is 4. The van der Waals surface area contributed by atoms with Crippen LogP contribution in [-0.4, -0.2) is 103 Å². The molecule has 32 heteroatoms. The van der Waals surface area contributed by atoms with Crippen LogP contribution in [0.15, 0.2) is 199 Å². The van der Waals surface area contributed by atoms with Crippen molar-refractivity contribution in [2.45, 2.75) is 137 Å². The second kappa shape index (κ2) is 44.2. The fourth-order valence-electron chi connectivity index (χ4n) is 12.3. The Kier molecular flexibility index (Phi) is 35.1. The third-order valence-electron chi connectivity index (χ3n) is 18.1. The summed E-state index contributed by atoms with van der Waals surface area (Å²) in [6.45, 7) is 24.0. The molecular weight excluding hydrogens is 1450 g/mol. The van der Waals surface area contributed by atoms with Gasteiger partial charge in [0.1, 0.15) is 34.3 Å². The van der Waals surface area contributed by atoms with Crippen molar-refractivity contribution in [1.82, 2.24) is 15.0 Å². The number of pyridine rings is 3. The first-order chi connectivity index (χ1) is 52.8. The van der Waals surface area contributed by atoms with E-state index in [9.17, 15) is 51.2 Å². The highest BCUT2D eigenvalue weighted by molar-refractivity contribution is 7.92. The Balaban J connectivity index is 0.000000203. The molecule has 3 aliphatic heterocycles. The molecule has 1 atom stereocenters. The largest absolute Gasteiger partial charge is 0.462 e. The van der Waals surface area contributed by atoms with Crippen LogP contribution in [0.3, 0.4) is 0 Å². The second-order valence-corrected chi connectivity index (χ2v) is 30.4. The standard InChI is InChI=1S/C15H25N3O.C13H18N2O.C12H12N4O3S.C12H17N3O3S.C12H14N2O2.C8H8N2O.C6H6N2O/c1-3-5-7-11-18(12-8-6-4-2)15-10-9-14(17-19)13-16-15;1-9-8-13(2,3)15(4)12-6-5-10(14-16)7-11(9)12;1-20(18,19)16-12-7-9(4-5-11(12)15-17)14-10-3-2-6-13-8-10;1-19(17,18)14-12-9-10(5-6-11(12)13-16)15-7-3-2-4-8-15;1-3-14(4-2)11-6-5-10(13-15)12-9(11)7-8-16-12;11-10-7-1-2-8-6(5-7)3-4-9-8;1-5-2-3-6(8-9)7-4-5/h9-10,13H,3-8,11-12H2,1-2H3;5-7,9H,8H2,1-4H3;2-8,14,16H,1H3;5-6,9,14H,2-4,7-8H2,1H3;5-8H,3-4H2,1-2H3;1-2,5,9H,3-4H2;2-4H,1H3. The number of furan rings is 1. The summed E-state index contributed by atoms with van der Waals surface area (Å²) >= 11 is 0. The SMILES string of the molecule is CC1CC(C)(C)N(C)c2ccc(N=O)cc21.CCCCCN(CCCCC)c1ccc(N=O)cn1.CCN(CC)c1ccc(N=O)c2occc12.CS(=O)(=O)Nc1cc(N2CCCCC2)ccc1N=O.CS(=O)(=O)Nc1cc(Nc2cccnc2)ccc1N=O.Cc1ccc(N=O)nc1.O=Nc1ccc2c(c1)CCN2. The Bertz CT molecular complexity index is 4670. The molecule has 1 fully saturated rings. The first-order valence-electron chi connectivity index (χ1n) is 36.4. The lowest BCUT2D eigenvalue weighted by molar-refractivity contribution is 0.395. The molecule has 5 aromatic carbocycles. The van der Waals surface area contributed by atoms with E-state index in [1.807, 2.05) is 55.5 Å². The van der Waals surface area contributed by atoms with E-state index < -0.39 is 20.0 Å². The Morgan fingerprint density at radius 1 is 0.609 bits per heavy atom. The molecule has 586 valence electrons. The number of nitroso groups, excluding NO2 is 7. The number of nitrogens with one attached hydrogen (secondary N) is 4. The number of rotatable bonds is 26. The monoisotopic (exact) mass is 1540 g/mol. The molecule has 9 aromatic rings. The molecule has 0 bridgehead atoms. The Labute approximate surface area is 643 Å². The molecule has 0 saturated carbocycles. The lowest BCUT2D eigenvalue weighted by atomic mass is 9.80. The van der Waals surface area contributed by atoms with E-state index >= 15 is 0 Å². The van der Waals surface area contributed by atoms with Crippen LogP contribution in [0.2, 0.25) is 0 Å². The highest BCUT2D eigenvalue weighted by Gasteiger charge is 2.34. The summed E-state index contributed by atoms with van der Waals surface area (Å²) in [5, 5.41) is 27.2. The van der Waals surface area contributed by atoms with Gasteiger partial charge in [-0.15, -0.1) is 34.3 Å². The van der Waals surface area contributed by atoms with Crippen molar-refractivity contribution in [2.75, 3.05) is 105 Å². The van der Waals surface area contributed by atoms with Crippen molar-refractivity contribution in [3.05, 3.63) is 209 Å². The molecule has 4 aromatic heterocycles. The van der Waals surface area contributed by atoms with Gasteiger partial charge >= 0.3 is 0 Å². The maximum atomic E-state index is 11.3. The quantitative estimate of drug-likeness (QED) is 0.0289. The summed E-state index contributed by atoms with van der Waals surface area (Å²) in [5.41, 5.74) is 12.2. The van der Waals surface area contributed by atoms with Gasteiger partial charge in [-0.1, -0.05) is 52.5 Å². The number of aromatic nitrogens is 3. The third-order valence-corrected chi connectivity index (χ3v) is 19.2. The van der Waals surface area contributed by atoms with Crippen LogP contribution in [0.5, 0.6) is 0 Å². The number of aryl methyl sites for hydroxylation is 1. The molecule has 1 saturated heterocycles. The summed E-state index contributed by atoms with van der Waals surface area (Å²) in [4.78, 5) is 93.9. The highest BCUT2D eigenvalue weighted by Crippen LogP contribution is 2.44. The van der Waals surface area contributed by atoms with Crippen LogP contribution >= 0.6 is 0 Å². The molecule has 12 rings (SSSR count). The van der Waals surface area contributed by atoms with Crippen LogP contribution in [0, 0.1) is 41.3 Å². The maximum absolute atomic E-state index is 11.3. The van der Waals surface area contributed by atoms with E-state index in [1.54, 1.807) is 97.8 Å². The van der Waals surface area contributed by atoms with Gasteiger partial charge in [-0.05, 0) is 260 Å². The van der Waals surface area contributed by atoms with Gasteiger partial charge in [0.2, 0.25) is 20.0 Å². The molecule has 7 heterocycles. The predicted molar refractivity (Wildman–Crippen MR) is 446 cm³/mol. The highest BCUT2D eigenvalue weighted by atomic mass is 32.2. The van der Waals surface area contributed by atoms with Crippen LogP contribution in [-0.2, 0) is 26.5 Å². The number of unbranched alkanes of at least 4 members (excludes halogenated alkanes) is 4. The third kappa shape index (κ3) is 27.7. The van der Waals surface area contributed by atoms with Crippen LogP contribution < -0.4 is 39.7 Å². The molecule has 1 unspecified atom stereocenters. The Morgan fingerprint density at radius 3 is 1.79 bits per heavy atom. The predicted octanol–water partition coefficient (Wildman–Crippen LogP) is 21.0. The van der Waals surface area contributed by atoms with Crippen LogP contribution in [0.1, 0.15) is 135 Å². The summed E-state index contributed by atoms with van der Waals surface area (Å²) in [6.07, 6.45) is 23.0. The van der Waals surface area contributed by atoms with Gasteiger partial charge < -0.3 is 34.7 Å². The number of nitrogens with zero attached hydrogens (tertiary/aromatic N) is 14. The summed E-state index contributed by atoms with van der Waals surface area (Å²) in [7, 11) is -4.80. The van der Waals surface area contributed by atoms with E-state index in [1.165, 1.54) is 73.9 Å². The molecular formula is C78H100N18O12S2. The molecule has 0 radical (unpaired) electrons. The van der Waals surface area contributed by atoms with Gasteiger partial charge in [0.05, 0.1) is 48.2 Å². The summed E-state index contributed by atoms with van der Waals surface area (Å²) in [6, 6.07) is 36.8. The number of anilines is 9. The van der Waals surface area contributed by atoms with Crippen molar-refractivity contribution >= 4 is 122 Å². The zero-order chi connectivity index (χ0) is 80.2. The second-order valence-electron chi connectivity index (χ2n) is 26.9. The van der Waals surface area contributed by atoms with Gasteiger partial charge in [-0.25, -0.2) is 26.8 Å². The average molecular weight is 1550 g/mol. The van der Waals surface area contributed by atoms with Gasteiger partial charge in [0.15, 0.2) is 17.1 Å². The van der Waals surface area contributed by atoms with Crippen LogP contribution in [0.25, 0.3) is 11.0 Å². The lowest BCUT2D eigenvalue weighted by Gasteiger charge is -2.45. The van der Waals surface area contributed by atoms with E-state index in [-0.39, 0.29) is 34.1 Å². The van der Waals surface area contributed by atoms with Gasteiger partial charge in [-0.3, -0.25) is 14.4 Å². The smallest absolute Gasteiger partial charge is 0.229 e. The molecule has 0 amide bonds. The van der Waals surface area contributed by atoms with Crippen LogP contribution in [0.4, 0.5) is 91.3 Å². The van der Waals surface area contributed by atoms with Crippen molar-refractivity contribution in [2.24, 2.45) is 36.2 Å². The average Bonchev–Trinajstić information content (AvgIpc) is 0.838. The van der Waals surface area contributed by atoms with E-state index in [0.29, 0.717) is 39.9 Å². The molecule has 110 heavy (non-hydrogen) atoms. The van der Waals surface area contributed by atoms with E-state index in [2.05, 4.69) is 146 Å². The molecule has 30 nitrogen and oxygen atoms in total. The molecule has 4 N–H and O–H groups in total. The number of fused-ring (bicyclic) bond motifs is 3. The van der Waals surface area contributed by atoms with E-state index in [0.717, 1.165) is 124 Å². The van der Waals surface area contributed by atoms with Gasteiger partial charge in [0, 0.05) is 105 Å². The maximum Gasteiger partial charge on any atom is 0.229 e. The number of hydrogen-bond acceptors (Lipinski definition) is 28. The topological polar surface area (TPSA) is 387 Å². The first-order valence-corrected chi connectivity index (χ1v) is 40.2. The fraction of sp³-hybridized carbons (Fsp3) is 0.397. The zero-order valence-electron chi connectivity index (χ0n) is 64.3. The minimum atomic E-state index is -3.49. The number of benzene rings is 5. The molecule has 0 spiro atoms. The fourth-order valence-corrected chi connectivity index (χ4v) is 13.4. The summed E-state index contributed by atoms with van der Waals surface area (Å²) in [5.74, 6) is 1.67. The van der Waals surface area contributed by atoms with Crippen molar-refractivity contribution < 1.29 is 21.3 Å². The number of sulfonamides is 2. The Morgan fingerprint density at radius 2 is 1.23 bits per heavy atom. The van der Waals surface area contributed by atoms with Gasteiger partial charge in [0.25, 0.3) is 0 Å². The van der Waals surface area contributed by atoms with Gasteiger partial charge in [-0.2, -0.15) is 0 Å². The zero-order valence-corrected chi connectivity index (χ0v) is 65.9. The normalized spacial score (nSPS) is 13.5. The van der Waals surface area contributed by atoms with Crippen molar-refractivity contribution in [3.63, 3.8) is 0 Å². The molecule has 0 aliphatic carbocycles. The van der Waals surface area contributed by atoms with Crippen molar-refractivity contribution in [1.29, 1.82) is 0 Å². The minimum Gasteiger partial charge on any atom is -0.462 e. The van der Waals surface area contributed by atoms with Crippen molar-refractivity contribution in [3.8, 4) is 0 Å². The molecule has 3 aliphatic rings. The Hall–Kier alpha value is -11.4. The number of piperidine rings is 1. The van der Waals surface area contributed by atoms with E-state index in [4.69, 9.17) is 4.42 Å². The lowest BCUT2D eigenvalue weighted by Crippen LogP contribution is -2.45. The first kappa shape index (κ1) is 87.5. The summed E-state index contributed by atoms with van der Waals surface area (Å²) < 4.78 is 55.0.